The van der Waals surface area contributed by atoms with E-state index in [9.17, 15) is 4.79 Å². The van der Waals surface area contributed by atoms with Crippen molar-refractivity contribution in [3.8, 4) is 0 Å². The molecule has 2 aromatic rings. The number of likely N-dealkylation sites (tertiary alicyclic amines) is 1. The van der Waals surface area contributed by atoms with Crippen LogP contribution in [0.3, 0.4) is 0 Å². The molecule has 0 radical (unpaired) electrons. The molecule has 0 N–H and O–H groups in total. The van der Waals surface area contributed by atoms with Crippen LogP contribution in [0.4, 0.5) is 4.79 Å². The highest BCUT2D eigenvalue weighted by Gasteiger charge is 2.47. The third-order valence-electron chi connectivity index (χ3n) is 4.59. The summed E-state index contributed by atoms with van der Waals surface area (Å²) < 4.78 is 5.57. The quantitative estimate of drug-likeness (QED) is 0.865. The minimum Gasteiger partial charge on any atom is -0.442 e. The number of carbonyl (C=O) groups is 1. The highest BCUT2D eigenvalue weighted by atomic mass is 32.1. The zero-order valence-corrected chi connectivity index (χ0v) is 13.8. The molecule has 2 saturated heterocycles. The van der Waals surface area contributed by atoms with Gasteiger partial charge in [-0.05, 0) is 36.1 Å². The largest absolute Gasteiger partial charge is 0.442 e. The number of fused-ring (bicyclic) bond motifs is 1. The highest BCUT2D eigenvalue weighted by molar-refractivity contribution is 7.10. The van der Waals surface area contributed by atoms with E-state index in [1.807, 2.05) is 23.1 Å². The molecule has 4 heterocycles. The molecule has 2 aliphatic heterocycles. The van der Waals surface area contributed by atoms with Crippen molar-refractivity contribution in [2.75, 3.05) is 13.1 Å². The number of ether oxygens (including phenoxy) is 1. The smallest absolute Gasteiger partial charge is 0.410 e. The van der Waals surface area contributed by atoms with Gasteiger partial charge in [0.25, 0.3) is 0 Å². The number of amides is 1. The van der Waals surface area contributed by atoms with Gasteiger partial charge in [-0.15, -0.1) is 11.3 Å². The minimum atomic E-state index is -0.211. The molecule has 2 aliphatic rings. The van der Waals surface area contributed by atoms with E-state index in [1.54, 1.807) is 17.5 Å². The first kappa shape index (κ1) is 14.7. The van der Waals surface area contributed by atoms with E-state index in [4.69, 9.17) is 4.74 Å². The second-order valence-electron chi connectivity index (χ2n) is 6.16. The Morgan fingerprint density at radius 1 is 1.30 bits per heavy atom. The number of aromatic nitrogens is 1. The molecule has 2 aromatic heterocycles. The van der Waals surface area contributed by atoms with Gasteiger partial charge < -0.3 is 4.74 Å². The second kappa shape index (κ2) is 5.94. The average molecular weight is 329 g/mol. The van der Waals surface area contributed by atoms with Gasteiger partial charge in [-0.2, -0.15) is 0 Å². The number of aryl methyl sites for hydroxylation is 1. The van der Waals surface area contributed by atoms with E-state index in [2.05, 4.69) is 28.3 Å². The lowest BCUT2D eigenvalue weighted by Crippen LogP contribution is -2.37. The van der Waals surface area contributed by atoms with Gasteiger partial charge in [0.2, 0.25) is 0 Å². The Balaban J connectivity index is 1.45. The normalized spacial score (nSPS) is 24.0. The van der Waals surface area contributed by atoms with Gasteiger partial charge in [0.1, 0.15) is 6.10 Å². The Morgan fingerprint density at radius 3 is 2.96 bits per heavy atom. The molecule has 1 amide bonds. The molecule has 0 saturated carbocycles. The molecule has 0 aliphatic carbocycles. The first-order valence-electron chi connectivity index (χ1n) is 7.83. The molecule has 5 nitrogen and oxygen atoms in total. The van der Waals surface area contributed by atoms with Crippen LogP contribution in [0.5, 0.6) is 0 Å². The summed E-state index contributed by atoms with van der Waals surface area (Å²) in [5.74, 6) is 0. The van der Waals surface area contributed by atoms with E-state index in [1.165, 1.54) is 10.4 Å². The van der Waals surface area contributed by atoms with Crippen LogP contribution in [0.15, 0.2) is 35.8 Å². The summed E-state index contributed by atoms with van der Waals surface area (Å²) in [5, 5.41) is 2.13. The number of hydrogen-bond donors (Lipinski definition) is 0. The standard InChI is InChI=1S/C17H19N3O2S/c1-12-5-7-23-16(12)11-19-9-14-15(10-19)22-17(21)20(14)8-13-4-2-3-6-18-13/h2-7,14-15H,8-11H2,1H3/t14-,15+/m0/s1. The third-order valence-corrected chi connectivity index (χ3v) is 5.60. The number of rotatable bonds is 4. The van der Waals surface area contributed by atoms with Crippen molar-refractivity contribution in [1.29, 1.82) is 0 Å². The van der Waals surface area contributed by atoms with Crippen LogP contribution in [0.2, 0.25) is 0 Å². The maximum Gasteiger partial charge on any atom is 0.410 e. The van der Waals surface area contributed by atoms with Crippen molar-refractivity contribution in [3.63, 3.8) is 0 Å². The molecule has 0 aromatic carbocycles. The zero-order valence-electron chi connectivity index (χ0n) is 13.0. The summed E-state index contributed by atoms with van der Waals surface area (Å²) in [6, 6.07) is 8.06. The van der Waals surface area contributed by atoms with Crippen molar-refractivity contribution in [2.45, 2.75) is 32.2 Å². The SMILES string of the molecule is Cc1ccsc1CN1C[C@H]2OC(=O)N(Cc3ccccn3)[C@H]2C1. The van der Waals surface area contributed by atoms with Crippen molar-refractivity contribution in [2.24, 2.45) is 0 Å². The second-order valence-corrected chi connectivity index (χ2v) is 7.16. The van der Waals surface area contributed by atoms with Gasteiger partial charge in [0, 0.05) is 30.7 Å². The van der Waals surface area contributed by atoms with Gasteiger partial charge >= 0.3 is 6.09 Å². The predicted octanol–water partition coefficient (Wildman–Crippen LogP) is 2.66. The van der Waals surface area contributed by atoms with Crippen LogP contribution in [-0.2, 0) is 17.8 Å². The lowest BCUT2D eigenvalue weighted by molar-refractivity contribution is 0.119. The Morgan fingerprint density at radius 2 is 2.22 bits per heavy atom. The number of thiophene rings is 1. The van der Waals surface area contributed by atoms with Crippen LogP contribution < -0.4 is 0 Å². The summed E-state index contributed by atoms with van der Waals surface area (Å²) >= 11 is 1.80. The Bertz CT molecular complexity index is 703. The maximum absolute atomic E-state index is 12.1. The monoisotopic (exact) mass is 329 g/mol. The first-order chi connectivity index (χ1) is 11.2. The van der Waals surface area contributed by atoms with Crippen molar-refractivity contribution < 1.29 is 9.53 Å². The molecule has 0 unspecified atom stereocenters. The summed E-state index contributed by atoms with van der Waals surface area (Å²) in [5.41, 5.74) is 2.24. The Kier molecular flexibility index (Phi) is 3.79. The highest BCUT2D eigenvalue weighted by Crippen LogP contribution is 2.30. The molecule has 2 atom stereocenters. The van der Waals surface area contributed by atoms with Gasteiger partial charge in [0.15, 0.2) is 0 Å². The molecule has 0 bridgehead atoms. The summed E-state index contributed by atoms with van der Waals surface area (Å²) in [6.45, 7) is 5.28. The number of carbonyl (C=O) groups excluding carboxylic acids is 1. The minimum absolute atomic E-state index is 0.0218. The Hall–Kier alpha value is -1.92. The van der Waals surface area contributed by atoms with E-state index >= 15 is 0 Å². The molecule has 6 heteroatoms. The van der Waals surface area contributed by atoms with Gasteiger partial charge in [-0.3, -0.25) is 14.8 Å². The van der Waals surface area contributed by atoms with Crippen LogP contribution in [0, 0.1) is 6.92 Å². The zero-order chi connectivity index (χ0) is 15.8. The predicted molar refractivity (Wildman–Crippen MR) is 88.2 cm³/mol. The molecule has 2 fully saturated rings. The fourth-order valence-corrected chi connectivity index (χ4v) is 4.27. The lowest BCUT2D eigenvalue weighted by atomic mass is 10.2. The van der Waals surface area contributed by atoms with E-state index in [0.29, 0.717) is 6.54 Å². The molecular weight excluding hydrogens is 310 g/mol. The summed E-state index contributed by atoms with van der Waals surface area (Å²) in [6.07, 6.45) is 1.53. The van der Waals surface area contributed by atoms with Crippen LogP contribution in [0.1, 0.15) is 16.1 Å². The summed E-state index contributed by atoms with van der Waals surface area (Å²) in [7, 11) is 0. The van der Waals surface area contributed by atoms with Gasteiger partial charge in [0.05, 0.1) is 18.3 Å². The molecule has 4 rings (SSSR count). The van der Waals surface area contributed by atoms with Gasteiger partial charge in [-0.25, -0.2) is 4.79 Å². The molecule has 120 valence electrons. The van der Waals surface area contributed by atoms with Gasteiger partial charge in [-0.1, -0.05) is 6.07 Å². The topological polar surface area (TPSA) is 45.7 Å². The maximum atomic E-state index is 12.1. The van der Waals surface area contributed by atoms with Crippen LogP contribution in [-0.4, -0.2) is 46.1 Å². The summed E-state index contributed by atoms with van der Waals surface area (Å²) in [4.78, 5) is 22.1. The number of hydrogen-bond acceptors (Lipinski definition) is 5. The number of pyridine rings is 1. The number of nitrogens with zero attached hydrogens (tertiary/aromatic N) is 3. The van der Waals surface area contributed by atoms with E-state index in [-0.39, 0.29) is 18.2 Å². The van der Waals surface area contributed by atoms with Crippen molar-refractivity contribution in [1.82, 2.24) is 14.8 Å². The molecular formula is C17H19N3O2S. The Labute approximate surface area is 139 Å². The van der Waals surface area contributed by atoms with Crippen LogP contribution in [0.25, 0.3) is 0 Å². The van der Waals surface area contributed by atoms with E-state index in [0.717, 1.165) is 25.3 Å². The molecule has 23 heavy (non-hydrogen) atoms. The van der Waals surface area contributed by atoms with E-state index < -0.39 is 0 Å². The first-order valence-corrected chi connectivity index (χ1v) is 8.71. The molecule has 0 spiro atoms. The fraction of sp³-hybridized carbons (Fsp3) is 0.412. The third kappa shape index (κ3) is 2.84. The van der Waals surface area contributed by atoms with Crippen LogP contribution >= 0.6 is 11.3 Å². The fourth-order valence-electron chi connectivity index (χ4n) is 3.33. The van der Waals surface area contributed by atoms with Crippen molar-refractivity contribution in [3.05, 3.63) is 52.0 Å². The average Bonchev–Trinajstić information content (AvgIpc) is 3.19. The van der Waals surface area contributed by atoms with Crippen molar-refractivity contribution >= 4 is 17.4 Å². The lowest BCUT2D eigenvalue weighted by Gasteiger charge is -2.22.